The molecule has 2 heterocycles. The third-order valence-corrected chi connectivity index (χ3v) is 14.5. The lowest BCUT2D eigenvalue weighted by atomic mass is 9.47. The van der Waals surface area contributed by atoms with E-state index < -0.39 is 18.3 Å². The highest BCUT2D eigenvalue weighted by Gasteiger charge is 2.59. The van der Waals surface area contributed by atoms with Gasteiger partial charge in [-0.1, -0.05) is 65.5 Å². The molecule has 0 spiro atoms. The van der Waals surface area contributed by atoms with E-state index in [2.05, 4.69) is 56.6 Å². The van der Waals surface area contributed by atoms with E-state index in [1.54, 1.807) is 6.07 Å². The Morgan fingerprint density at radius 1 is 0.978 bits per heavy atom. The van der Waals surface area contributed by atoms with Crippen LogP contribution in [0.25, 0.3) is 0 Å². The molecule has 1 aromatic heterocycles. The smallest absolute Gasteiger partial charge is 0.458 e. The summed E-state index contributed by atoms with van der Waals surface area (Å²) in [5.74, 6) is 4.62. The molecule has 3 saturated carbocycles. The highest BCUT2D eigenvalue weighted by molar-refractivity contribution is 9.10. The van der Waals surface area contributed by atoms with Crippen molar-refractivity contribution in [2.75, 3.05) is 0 Å². The van der Waals surface area contributed by atoms with E-state index in [-0.39, 0.29) is 17.5 Å². The van der Waals surface area contributed by atoms with Gasteiger partial charge in [-0.05, 0) is 141 Å². The van der Waals surface area contributed by atoms with Crippen LogP contribution in [0.5, 0.6) is 0 Å². The summed E-state index contributed by atoms with van der Waals surface area (Å²) in [5, 5.41) is 0. The van der Waals surface area contributed by atoms with E-state index >= 15 is 0 Å². The molecule has 0 bridgehead atoms. The van der Waals surface area contributed by atoms with Crippen LogP contribution in [0.1, 0.15) is 143 Å². The quantitative estimate of drug-likeness (QED) is 0.155. The Balaban J connectivity index is 1.10. The first-order valence-electron chi connectivity index (χ1n) is 18.1. The lowest BCUT2D eigenvalue weighted by Gasteiger charge is -2.58. The van der Waals surface area contributed by atoms with Gasteiger partial charge in [0.1, 0.15) is 17.3 Å². The highest BCUT2D eigenvalue weighted by atomic mass is 79.9. The van der Waals surface area contributed by atoms with Gasteiger partial charge in [-0.3, -0.25) is 0 Å². The molecule has 1 aliphatic heterocycles. The molecule has 0 aromatic carbocycles. The SMILES string of the molecule is CC(C)CCC[C@@H](C)[C@H]1CC[C@H]2[C@@H]3CC=C4C[C@@H](OC(=O)c5cc(B6OC(C)(C)C(C)(C)O6)oc5Br)CC[C@]4(C)[C@H]3CC[C@]12C. The van der Waals surface area contributed by atoms with Crippen molar-refractivity contribution < 1.29 is 23.3 Å². The van der Waals surface area contributed by atoms with Crippen LogP contribution in [0.2, 0.25) is 0 Å². The molecule has 5 aliphatic rings. The van der Waals surface area contributed by atoms with Crippen molar-refractivity contribution in [3.8, 4) is 0 Å². The van der Waals surface area contributed by atoms with Gasteiger partial charge in [-0.2, -0.15) is 0 Å². The van der Waals surface area contributed by atoms with Gasteiger partial charge >= 0.3 is 13.1 Å². The number of hydrogen-bond donors (Lipinski definition) is 0. The van der Waals surface area contributed by atoms with Crippen LogP contribution in [0.3, 0.4) is 0 Å². The van der Waals surface area contributed by atoms with Crippen molar-refractivity contribution in [3.05, 3.63) is 27.9 Å². The zero-order valence-corrected chi connectivity index (χ0v) is 31.1. The van der Waals surface area contributed by atoms with Gasteiger partial charge in [0.25, 0.3) is 0 Å². The van der Waals surface area contributed by atoms with Crippen LogP contribution < -0.4 is 5.66 Å². The van der Waals surface area contributed by atoms with Crippen LogP contribution in [0, 0.1) is 46.3 Å². The highest BCUT2D eigenvalue weighted by Crippen LogP contribution is 2.67. The second kappa shape index (κ2) is 12.1. The minimum atomic E-state index is -0.663. The molecule has 0 N–H and O–H groups in total. The number of carbonyl (C=O) groups excluding carboxylic acids is 1. The third kappa shape index (κ3) is 5.96. The van der Waals surface area contributed by atoms with Gasteiger partial charge in [0.05, 0.1) is 11.2 Å². The molecule has 4 aliphatic carbocycles. The second-order valence-corrected chi connectivity index (χ2v) is 18.2. The summed E-state index contributed by atoms with van der Waals surface area (Å²) < 4.78 is 24.7. The summed E-state index contributed by atoms with van der Waals surface area (Å²) in [6.07, 6.45) is 16.3. The average molecular weight is 686 g/mol. The summed E-state index contributed by atoms with van der Waals surface area (Å²) in [6.45, 7) is 20.5. The van der Waals surface area contributed by atoms with Crippen LogP contribution in [0.15, 0.2) is 26.8 Å². The van der Waals surface area contributed by atoms with Gasteiger partial charge in [0.2, 0.25) is 0 Å². The summed E-state index contributed by atoms with van der Waals surface area (Å²) in [7, 11) is -0.663. The summed E-state index contributed by atoms with van der Waals surface area (Å²) in [5.41, 5.74) is 2.18. The Morgan fingerprint density at radius 2 is 1.69 bits per heavy atom. The standard InChI is InChI=1S/C38H58BBrO5/c1-23(2)11-10-12-24(3)29-15-16-30-27-14-13-25-21-26(17-19-37(25,8)31(27)18-20-38(29,30)9)42-34(41)28-22-32(43-33(28)40)39-44-35(4,5)36(6,7)45-39/h13,22-24,26-27,29-31H,10-12,14-21H2,1-9H3/t24-,26+,27+,29-,30+,31+,37+,38-/m1/s1. The van der Waals surface area contributed by atoms with Crippen LogP contribution in [-0.2, 0) is 14.0 Å². The predicted molar refractivity (Wildman–Crippen MR) is 184 cm³/mol. The van der Waals surface area contributed by atoms with E-state index in [0.717, 1.165) is 54.8 Å². The number of fused-ring (bicyclic) bond motifs is 5. The first kappa shape index (κ1) is 33.8. The van der Waals surface area contributed by atoms with E-state index in [1.165, 1.54) is 56.9 Å². The maximum atomic E-state index is 13.4. The number of ether oxygens (including phenoxy) is 1. The summed E-state index contributed by atoms with van der Waals surface area (Å²) >= 11 is 3.46. The van der Waals surface area contributed by atoms with Gasteiger partial charge in [-0.15, -0.1) is 0 Å². The first-order chi connectivity index (χ1) is 21.1. The third-order valence-electron chi connectivity index (χ3n) is 13.9. The van der Waals surface area contributed by atoms with E-state index in [4.69, 9.17) is 18.5 Å². The molecule has 7 heteroatoms. The Bertz CT molecular complexity index is 1280. The van der Waals surface area contributed by atoms with Gasteiger partial charge in [-0.25, -0.2) is 4.79 Å². The first-order valence-corrected chi connectivity index (χ1v) is 18.9. The predicted octanol–water partition coefficient (Wildman–Crippen LogP) is 9.91. The lowest BCUT2D eigenvalue weighted by Crippen LogP contribution is -2.51. The topological polar surface area (TPSA) is 57.9 Å². The molecule has 0 amide bonds. The number of halogens is 1. The maximum absolute atomic E-state index is 13.4. The largest absolute Gasteiger partial charge is 0.532 e. The Labute approximate surface area is 281 Å². The van der Waals surface area contributed by atoms with Crippen LogP contribution >= 0.6 is 15.9 Å². The zero-order valence-electron chi connectivity index (χ0n) is 29.5. The van der Waals surface area contributed by atoms with Crippen molar-refractivity contribution in [1.29, 1.82) is 0 Å². The fourth-order valence-corrected chi connectivity index (χ4v) is 11.0. The molecule has 0 unspecified atom stereocenters. The fraction of sp³-hybridized carbons (Fsp3) is 0.816. The molecule has 0 radical (unpaired) electrons. The molecule has 6 rings (SSSR count). The fourth-order valence-electron chi connectivity index (χ4n) is 10.6. The molecular weight excluding hydrogens is 627 g/mol. The number of carbonyl (C=O) groups is 1. The monoisotopic (exact) mass is 684 g/mol. The van der Waals surface area contributed by atoms with Crippen molar-refractivity contribution in [2.24, 2.45) is 46.3 Å². The van der Waals surface area contributed by atoms with Crippen LogP contribution in [0.4, 0.5) is 0 Å². The summed E-state index contributed by atoms with van der Waals surface area (Å²) in [6, 6.07) is 1.71. The molecule has 8 atom stereocenters. The average Bonchev–Trinajstić information content (AvgIpc) is 3.58. The second-order valence-electron chi connectivity index (χ2n) is 17.5. The molecule has 1 aromatic rings. The number of hydrogen-bond acceptors (Lipinski definition) is 5. The van der Waals surface area contributed by atoms with Gasteiger partial charge in [0, 0.05) is 6.42 Å². The zero-order chi connectivity index (χ0) is 32.5. The van der Waals surface area contributed by atoms with E-state index in [0.29, 0.717) is 21.3 Å². The minimum Gasteiger partial charge on any atom is -0.458 e. The van der Waals surface area contributed by atoms with Gasteiger partial charge in [0.15, 0.2) is 4.67 Å². The molecule has 1 saturated heterocycles. The Kier molecular flexibility index (Phi) is 9.12. The van der Waals surface area contributed by atoms with Gasteiger partial charge < -0.3 is 18.5 Å². The van der Waals surface area contributed by atoms with Crippen molar-refractivity contribution in [1.82, 2.24) is 0 Å². The number of rotatable bonds is 8. The van der Waals surface area contributed by atoms with Crippen LogP contribution in [-0.4, -0.2) is 30.4 Å². The number of furan rings is 1. The Hall–Kier alpha value is -1.05. The van der Waals surface area contributed by atoms with E-state index in [1.807, 2.05) is 27.7 Å². The molecule has 5 nitrogen and oxygen atoms in total. The number of esters is 1. The molecule has 4 fully saturated rings. The van der Waals surface area contributed by atoms with E-state index in [9.17, 15) is 4.79 Å². The van der Waals surface area contributed by atoms with Crippen molar-refractivity contribution >= 4 is 34.7 Å². The lowest BCUT2D eigenvalue weighted by molar-refractivity contribution is -0.0594. The van der Waals surface area contributed by atoms with Crippen molar-refractivity contribution in [2.45, 2.75) is 150 Å². The normalized spacial score (nSPS) is 37.5. The Morgan fingerprint density at radius 3 is 2.38 bits per heavy atom. The van der Waals surface area contributed by atoms with Crippen molar-refractivity contribution in [3.63, 3.8) is 0 Å². The molecular formula is C38H58BBrO5. The number of allylic oxidation sites excluding steroid dienone is 1. The molecule has 250 valence electrons. The minimum absolute atomic E-state index is 0.105. The summed E-state index contributed by atoms with van der Waals surface area (Å²) in [4.78, 5) is 13.4. The maximum Gasteiger partial charge on any atom is 0.532 e. The molecule has 45 heavy (non-hydrogen) atoms.